The van der Waals surface area contributed by atoms with Gasteiger partial charge in [-0.3, -0.25) is 0 Å². The molecule has 0 amide bonds. The normalized spacial score (nSPS) is 23.8. The van der Waals surface area contributed by atoms with Crippen molar-refractivity contribution in [3.63, 3.8) is 0 Å². The topological polar surface area (TPSA) is 47.9 Å². The van der Waals surface area contributed by atoms with Gasteiger partial charge in [0.05, 0.1) is 18.8 Å². The van der Waals surface area contributed by atoms with E-state index in [4.69, 9.17) is 13.6 Å². The van der Waals surface area contributed by atoms with Crippen LogP contribution in [0.4, 0.5) is 0 Å². The molecule has 4 nitrogen and oxygen atoms in total. The van der Waals surface area contributed by atoms with Gasteiger partial charge in [0.2, 0.25) is 0 Å². The van der Waals surface area contributed by atoms with E-state index in [-0.39, 0.29) is 27.7 Å². The number of hydrogen-bond acceptors (Lipinski definition) is 4. The van der Waals surface area contributed by atoms with Gasteiger partial charge in [0.25, 0.3) is 16.6 Å². The van der Waals surface area contributed by atoms with Crippen LogP contribution in [0.5, 0.6) is 0 Å². The van der Waals surface area contributed by atoms with E-state index >= 15 is 0 Å². The number of benzene rings is 4. The van der Waals surface area contributed by atoms with Crippen molar-refractivity contribution in [3.8, 4) is 0 Å². The second kappa shape index (κ2) is 12.1. The van der Waals surface area contributed by atoms with Gasteiger partial charge in [-0.1, -0.05) is 163 Å². The highest BCUT2D eigenvalue weighted by Crippen LogP contribution is 2.52. The zero-order chi connectivity index (χ0) is 31.9. The highest BCUT2D eigenvalue weighted by Gasteiger charge is 2.65. The second-order valence-corrected chi connectivity index (χ2v) is 23.6. The van der Waals surface area contributed by atoms with Crippen molar-refractivity contribution >= 4 is 37.4 Å². The highest BCUT2D eigenvalue weighted by molar-refractivity contribution is 7.00. The Morgan fingerprint density at radius 2 is 1.02 bits per heavy atom. The molecule has 4 aromatic carbocycles. The van der Waals surface area contributed by atoms with Crippen LogP contribution in [0.3, 0.4) is 0 Å². The molecule has 1 saturated carbocycles. The minimum absolute atomic E-state index is 0.130. The lowest BCUT2D eigenvalue weighted by Crippen LogP contribution is -2.68. The molecule has 1 heterocycles. The van der Waals surface area contributed by atoms with Crippen LogP contribution < -0.4 is 20.7 Å². The largest absolute Gasteiger partial charge is 0.407 e. The summed E-state index contributed by atoms with van der Waals surface area (Å²) in [7, 11) is -5.62. The fraction of sp³-hybridized carbons (Fsp3) is 0.385. The van der Waals surface area contributed by atoms with Gasteiger partial charge in [-0.25, -0.2) is 0 Å². The molecule has 236 valence electrons. The molecule has 0 spiro atoms. The molecule has 6 heteroatoms. The van der Waals surface area contributed by atoms with Crippen molar-refractivity contribution < 1.29 is 18.7 Å². The maximum absolute atomic E-state index is 11.9. The Hall–Kier alpha value is -2.85. The van der Waals surface area contributed by atoms with E-state index < -0.39 is 22.7 Å². The molecular weight excluding hydrogens is 589 g/mol. The second-order valence-electron chi connectivity index (χ2n) is 15.1. The zero-order valence-electron chi connectivity index (χ0n) is 27.6. The lowest BCUT2D eigenvalue weighted by molar-refractivity contribution is -0.209. The van der Waals surface area contributed by atoms with Gasteiger partial charge < -0.3 is 18.7 Å². The van der Waals surface area contributed by atoms with E-state index in [1.807, 2.05) is 0 Å². The van der Waals surface area contributed by atoms with E-state index in [1.165, 1.54) is 20.7 Å². The molecule has 1 saturated heterocycles. The molecule has 1 aliphatic carbocycles. The van der Waals surface area contributed by atoms with Crippen LogP contribution in [0, 0.1) is 5.41 Å². The molecule has 2 fully saturated rings. The molecular formula is C39H48O4Si2. The standard InChI is InChI=1S/C39H48O4Si2/c1-37(2,3)44(30-19-11-7-12-20-30,31-21-13-8-14-22-31)42-29-39-27-34(35(40)36(39)41-28-39)43-45(38(4,5)6,32-23-15-9-16-24-32)33-25-17-10-18-26-33/h7-26,34-36,40H,27-29H2,1-6H3/t34-,35+,36+,39+/m1/s1. The fourth-order valence-corrected chi connectivity index (χ4v) is 17.3. The number of ether oxygens (including phenoxy) is 1. The molecule has 6 rings (SSSR count). The zero-order valence-corrected chi connectivity index (χ0v) is 29.6. The maximum atomic E-state index is 11.9. The number of fused-ring (bicyclic) bond motifs is 1. The third-order valence-electron chi connectivity index (χ3n) is 10.2. The van der Waals surface area contributed by atoms with Crippen molar-refractivity contribution in [2.75, 3.05) is 13.2 Å². The van der Waals surface area contributed by atoms with Crippen LogP contribution in [-0.4, -0.2) is 53.3 Å². The quantitative estimate of drug-likeness (QED) is 0.241. The first-order valence-electron chi connectivity index (χ1n) is 16.3. The van der Waals surface area contributed by atoms with Gasteiger partial charge >= 0.3 is 0 Å². The van der Waals surface area contributed by atoms with E-state index in [0.29, 0.717) is 19.6 Å². The summed E-state index contributed by atoms with van der Waals surface area (Å²) in [6.07, 6.45) is -0.727. The summed E-state index contributed by atoms with van der Waals surface area (Å²) in [5, 5.41) is 16.6. The van der Waals surface area contributed by atoms with Gasteiger partial charge in [-0.05, 0) is 37.2 Å². The Bertz CT molecular complexity index is 1470. The molecule has 0 unspecified atom stereocenters. The number of hydrogen-bond donors (Lipinski definition) is 1. The third kappa shape index (κ3) is 5.39. The molecule has 1 N–H and O–H groups in total. The van der Waals surface area contributed by atoms with Gasteiger partial charge in [0.15, 0.2) is 0 Å². The third-order valence-corrected chi connectivity index (χ3v) is 20.2. The monoisotopic (exact) mass is 636 g/mol. The summed E-state index contributed by atoms with van der Waals surface area (Å²) in [6.45, 7) is 14.9. The number of aliphatic hydroxyl groups is 1. The van der Waals surface area contributed by atoms with Crippen LogP contribution in [0.25, 0.3) is 0 Å². The smallest absolute Gasteiger partial charge is 0.261 e. The Morgan fingerprint density at radius 1 is 0.644 bits per heavy atom. The Morgan fingerprint density at radius 3 is 1.36 bits per heavy atom. The van der Waals surface area contributed by atoms with Crippen LogP contribution in [0.15, 0.2) is 121 Å². The van der Waals surface area contributed by atoms with E-state index in [2.05, 4.69) is 163 Å². The predicted octanol–water partition coefficient (Wildman–Crippen LogP) is 5.66. The Labute approximate surface area is 271 Å². The summed E-state index contributed by atoms with van der Waals surface area (Å²) < 4.78 is 21.1. The van der Waals surface area contributed by atoms with E-state index in [9.17, 15) is 5.11 Å². The first-order valence-corrected chi connectivity index (χ1v) is 20.1. The lowest BCUT2D eigenvalue weighted by Gasteiger charge is -2.49. The molecule has 45 heavy (non-hydrogen) atoms. The highest BCUT2D eigenvalue weighted by atomic mass is 28.4. The predicted molar refractivity (Wildman–Crippen MR) is 189 cm³/mol. The molecule has 2 aliphatic rings. The van der Waals surface area contributed by atoms with Crippen molar-refractivity contribution in [2.45, 2.75) is 76.4 Å². The van der Waals surface area contributed by atoms with Gasteiger partial charge in [-0.2, -0.15) is 0 Å². The summed E-state index contributed by atoms with van der Waals surface area (Å²) in [6, 6.07) is 42.9. The van der Waals surface area contributed by atoms with Crippen LogP contribution in [0.1, 0.15) is 48.0 Å². The molecule has 4 aromatic rings. The van der Waals surface area contributed by atoms with Gasteiger partial charge in [0, 0.05) is 12.0 Å². The van der Waals surface area contributed by atoms with Crippen molar-refractivity contribution in [1.82, 2.24) is 0 Å². The summed E-state index contributed by atoms with van der Waals surface area (Å²) in [5.74, 6) is 0. The average molecular weight is 637 g/mol. The lowest BCUT2D eigenvalue weighted by atomic mass is 9.81. The molecule has 0 bridgehead atoms. The average Bonchev–Trinajstić information content (AvgIpc) is 3.20. The molecule has 1 aliphatic heterocycles. The van der Waals surface area contributed by atoms with Crippen LogP contribution >= 0.6 is 0 Å². The summed E-state index contributed by atoms with van der Waals surface area (Å²) >= 11 is 0. The van der Waals surface area contributed by atoms with Crippen molar-refractivity contribution in [3.05, 3.63) is 121 Å². The van der Waals surface area contributed by atoms with Crippen molar-refractivity contribution in [2.24, 2.45) is 5.41 Å². The van der Waals surface area contributed by atoms with Crippen LogP contribution in [-0.2, 0) is 13.6 Å². The number of rotatable bonds is 9. The maximum Gasteiger partial charge on any atom is 0.261 e. The van der Waals surface area contributed by atoms with Gasteiger partial charge in [-0.15, -0.1) is 0 Å². The van der Waals surface area contributed by atoms with E-state index in [0.717, 1.165) is 0 Å². The minimum atomic E-state index is -2.86. The fourth-order valence-electron chi connectivity index (χ4n) is 7.99. The van der Waals surface area contributed by atoms with Crippen LogP contribution in [0.2, 0.25) is 10.1 Å². The Balaban J connectivity index is 1.37. The van der Waals surface area contributed by atoms with E-state index in [1.54, 1.807) is 0 Å². The first kappa shape index (κ1) is 32.1. The number of aliphatic hydroxyl groups excluding tert-OH is 1. The van der Waals surface area contributed by atoms with Crippen molar-refractivity contribution in [1.29, 1.82) is 0 Å². The molecule has 4 atom stereocenters. The summed E-state index contributed by atoms with van der Waals surface area (Å²) in [5.41, 5.74) is -0.317. The Kier molecular flexibility index (Phi) is 8.61. The minimum Gasteiger partial charge on any atom is -0.407 e. The SMILES string of the molecule is CC(C)(C)[Si](OC[C@]12CO[C@H]1[C@@H](O)[C@H](O[Si](c1ccccc1)(c1ccccc1)C(C)(C)C)C2)(c1ccccc1)c1ccccc1. The summed E-state index contributed by atoms with van der Waals surface area (Å²) in [4.78, 5) is 0. The first-order chi connectivity index (χ1) is 21.4. The molecule has 0 radical (unpaired) electrons. The van der Waals surface area contributed by atoms with Gasteiger partial charge in [0.1, 0.15) is 6.10 Å². The molecule has 0 aromatic heterocycles.